The van der Waals surface area contributed by atoms with E-state index in [1.807, 2.05) is 6.92 Å². The Labute approximate surface area is 298 Å². The molecular formula is C33H56N10O8. The Morgan fingerprint density at radius 2 is 1.63 bits per heavy atom. The number of rotatable bonds is 22. The molecule has 0 radical (unpaired) electrons. The van der Waals surface area contributed by atoms with Crippen molar-refractivity contribution in [1.82, 2.24) is 36.1 Å². The van der Waals surface area contributed by atoms with Crippen molar-refractivity contribution in [3.63, 3.8) is 0 Å². The second kappa shape index (κ2) is 20.9. The molecule has 18 heteroatoms. The van der Waals surface area contributed by atoms with Gasteiger partial charge in [0.1, 0.15) is 30.2 Å². The lowest BCUT2D eigenvalue weighted by atomic mass is 9.98. The summed E-state index contributed by atoms with van der Waals surface area (Å²) in [5.41, 5.74) is 17.6. The minimum Gasteiger partial charge on any atom is -0.480 e. The number of carboxylic acid groups (broad SMARTS) is 1. The third kappa shape index (κ3) is 13.2. The molecule has 18 nitrogen and oxygen atoms in total. The lowest BCUT2D eigenvalue weighted by molar-refractivity contribution is -0.143. The maximum Gasteiger partial charge on any atom is 0.326 e. The summed E-state index contributed by atoms with van der Waals surface area (Å²) in [4.78, 5) is 99.2. The standard InChI is InChI=1S/C33H56N10O8/c1-5-19(4)26(36)31(48)40-22(11-12-25(35)44)32(49)43-14-8-10-24(43)30(47)41-23(15-20-16-37-17-38-20)29(46)39-21(9-6-7-13-34)28(45)42-27(18(2)3)33(50)51/h16-19,21-24,26-27H,5-15,34,36H2,1-4H3,(H2,35,44)(H,37,38)(H,39,46)(H,40,48)(H,41,47)(H,42,45)(H,50,51)/t19-,21-,22-,23-,24-,26-,27-/m0/s1. The molecule has 51 heavy (non-hydrogen) atoms. The van der Waals surface area contributed by atoms with E-state index < -0.39 is 83.6 Å². The van der Waals surface area contributed by atoms with E-state index in [0.29, 0.717) is 37.9 Å². The molecule has 1 aromatic heterocycles. The highest BCUT2D eigenvalue weighted by Gasteiger charge is 2.40. The normalized spacial score (nSPS) is 17.8. The van der Waals surface area contributed by atoms with Crippen LogP contribution in [0.15, 0.2) is 12.5 Å². The molecule has 0 saturated carbocycles. The number of nitrogens with one attached hydrogen (secondary N) is 5. The van der Waals surface area contributed by atoms with Crippen molar-refractivity contribution < 1.29 is 38.7 Å². The smallest absolute Gasteiger partial charge is 0.326 e. The van der Waals surface area contributed by atoms with Crippen LogP contribution in [0.1, 0.15) is 84.8 Å². The van der Waals surface area contributed by atoms with E-state index in [1.165, 1.54) is 17.4 Å². The predicted octanol–water partition coefficient (Wildman–Crippen LogP) is -1.61. The van der Waals surface area contributed by atoms with Gasteiger partial charge in [-0.1, -0.05) is 34.1 Å². The van der Waals surface area contributed by atoms with Gasteiger partial charge < -0.3 is 53.5 Å². The first-order valence-corrected chi connectivity index (χ1v) is 17.6. The Morgan fingerprint density at radius 3 is 2.20 bits per heavy atom. The molecule has 7 atom stereocenters. The largest absolute Gasteiger partial charge is 0.480 e. The van der Waals surface area contributed by atoms with E-state index in [1.54, 1.807) is 20.8 Å². The third-order valence-electron chi connectivity index (χ3n) is 9.11. The highest BCUT2D eigenvalue weighted by atomic mass is 16.4. The van der Waals surface area contributed by atoms with Crippen LogP contribution >= 0.6 is 0 Å². The number of aliphatic carboxylic acids is 1. The number of carbonyl (C=O) groups excluding carboxylic acids is 6. The van der Waals surface area contributed by atoms with Gasteiger partial charge in [-0.3, -0.25) is 28.8 Å². The highest BCUT2D eigenvalue weighted by Crippen LogP contribution is 2.21. The highest BCUT2D eigenvalue weighted by molar-refractivity contribution is 5.97. The second-order valence-corrected chi connectivity index (χ2v) is 13.4. The maximum atomic E-state index is 13.8. The maximum absolute atomic E-state index is 13.8. The van der Waals surface area contributed by atoms with Gasteiger partial charge in [0.2, 0.25) is 35.4 Å². The summed E-state index contributed by atoms with van der Waals surface area (Å²) >= 11 is 0. The predicted molar refractivity (Wildman–Crippen MR) is 186 cm³/mol. The molecule has 0 unspecified atom stereocenters. The summed E-state index contributed by atoms with van der Waals surface area (Å²) in [6.07, 6.45) is 5.03. The number of unbranched alkanes of at least 4 members (excludes halogenated alkanes) is 1. The zero-order chi connectivity index (χ0) is 38.2. The topological polar surface area (TPSA) is 298 Å². The molecule has 1 saturated heterocycles. The average molecular weight is 721 g/mol. The number of nitrogens with two attached hydrogens (primary N) is 3. The number of aromatic amines is 1. The van der Waals surface area contributed by atoms with Gasteiger partial charge in [-0.15, -0.1) is 0 Å². The quantitative estimate of drug-likeness (QED) is 0.0614. The number of primary amides is 1. The molecule has 1 fully saturated rings. The fraction of sp³-hybridized carbons (Fsp3) is 0.697. The molecule has 0 bridgehead atoms. The minimum atomic E-state index is -1.24. The lowest BCUT2D eigenvalue weighted by Crippen LogP contribution is -2.59. The molecule has 1 aliphatic heterocycles. The van der Waals surface area contributed by atoms with E-state index in [9.17, 15) is 38.7 Å². The SMILES string of the molecule is CC[C@H](C)[C@H](N)C(=O)N[C@@H](CCC(N)=O)C(=O)N1CCC[C@H]1C(=O)N[C@@H](Cc1cnc[nH]1)C(=O)N[C@@H](CCCCN)C(=O)N[C@H](C(=O)O)C(C)C. The summed E-state index contributed by atoms with van der Waals surface area (Å²) < 4.78 is 0. The zero-order valence-corrected chi connectivity index (χ0v) is 30.0. The molecule has 0 aliphatic carbocycles. The van der Waals surface area contributed by atoms with Crippen LogP contribution in [-0.4, -0.2) is 111 Å². The molecule has 6 amide bonds. The van der Waals surface area contributed by atoms with Crippen LogP contribution in [0.2, 0.25) is 0 Å². The summed E-state index contributed by atoms with van der Waals surface area (Å²) in [7, 11) is 0. The van der Waals surface area contributed by atoms with Crippen LogP contribution in [0.4, 0.5) is 0 Å². The monoisotopic (exact) mass is 720 g/mol. The molecule has 2 heterocycles. The van der Waals surface area contributed by atoms with Gasteiger partial charge in [0.25, 0.3) is 0 Å². The molecule has 12 N–H and O–H groups in total. The molecule has 0 aromatic carbocycles. The number of nitrogens with zero attached hydrogens (tertiary/aromatic N) is 2. The molecule has 2 rings (SSSR count). The molecule has 0 spiro atoms. The van der Waals surface area contributed by atoms with Crippen LogP contribution in [-0.2, 0) is 40.0 Å². The first kappa shape index (κ1) is 42.6. The van der Waals surface area contributed by atoms with E-state index in [-0.39, 0.29) is 44.6 Å². The van der Waals surface area contributed by atoms with Crippen LogP contribution in [0.25, 0.3) is 0 Å². The van der Waals surface area contributed by atoms with Gasteiger partial charge >= 0.3 is 5.97 Å². The Hall–Kier alpha value is -4.58. The number of imidazole rings is 1. The van der Waals surface area contributed by atoms with Crippen molar-refractivity contribution >= 4 is 41.4 Å². The fourth-order valence-corrected chi connectivity index (χ4v) is 5.72. The van der Waals surface area contributed by atoms with Crippen molar-refractivity contribution in [1.29, 1.82) is 0 Å². The number of hydrogen-bond donors (Lipinski definition) is 9. The number of aromatic nitrogens is 2. The Kier molecular flexibility index (Phi) is 17.5. The Bertz CT molecular complexity index is 1340. The second-order valence-electron chi connectivity index (χ2n) is 13.4. The van der Waals surface area contributed by atoms with Crippen molar-refractivity contribution in [2.45, 2.75) is 122 Å². The first-order valence-electron chi connectivity index (χ1n) is 17.6. The van der Waals surface area contributed by atoms with Crippen LogP contribution in [0, 0.1) is 11.8 Å². The van der Waals surface area contributed by atoms with E-state index in [4.69, 9.17) is 17.2 Å². The number of carboxylic acids is 1. The number of H-pyrrole nitrogens is 1. The number of amides is 6. The Balaban J connectivity index is 2.31. The van der Waals surface area contributed by atoms with Gasteiger partial charge in [-0.25, -0.2) is 9.78 Å². The van der Waals surface area contributed by atoms with Gasteiger partial charge in [-0.05, 0) is 56.9 Å². The van der Waals surface area contributed by atoms with E-state index in [0.717, 1.165) is 0 Å². The van der Waals surface area contributed by atoms with Gasteiger partial charge in [0.15, 0.2) is 0 Å². The Morgan fingerprint density at radius 1 is 0.961 bits per heavy atom. The summed E-state index contributed by atoms with van der Waals surface area (Å²) in [5, 5.41) is 20.1. The average Bonchev–Trinajstić information content (AvgIpc) is 3.79. The van der Waals surface area contributed by atoms with Crippen molar-refractivity contribution in [3.05, 3.63) is 18.2 Å². The molecule has 1 aromatic rings. The number of carbonyl (C=O) groups is 7. The summed E-state index contributed by atoms with van der Waals surface area (Å²) in [6.45, 7) is 7.48. The zero-order valence-electron chi connectivity index (χ0n) is 30.0. The minimum absolute atomic E-state index is 0.0517. The van der Waals surface area contributed by atoms with Crippen molar-refractivity contribution in [2.75, 3.05) is 13.1 Å². The summed E-state index contributed by atoms with van der Waals surface area (Å²) in [5.74, 6) is -5.74. The molecular weight excluding hydrogens is 664 g/mol. The third-order valence-corrected chi connectivity index (χ3v) is 9.11. The van der Waals surface area contributed by atoms with Gasteiger partial charge in [0.05, 0.1) is 12.4 Å². The van der Waals surface area contributed by atoms with Crippen molar-refractivity contribution in [2.24, 2.45) is 29.0 Å². The van der Waals surface area contributed by atoms with Crippen molar-refractivity contribution in [3.8, 4) is 0 Å². The first-order chi connectivity index (χ1) is 24.1. The van der Waals surface area contributed by atoms with Gasteiger partial charge in [0, 0.05) is 31.3 Å². The lowest BCUT2D eigenvalue weighted by Gasteiger charge is -2.31. The van der Waals surface area contributed by atoms with Crippen LogP contribution < -0.4 is 38.5 Å². The number of hydrogen-bond acceptors (Lipinski definition) is 10. The van der Waals surface area contributed by atoms with E-state index >= 15 is 0 Å². The fourth-order valence-electron chi connectivity index (χ4n) is 5.72. The van der Waals surface area contributed by atoms with E-state index in [2.05, 4.69) is 31.2 Å². The molecule has 286 valence electrons. The number of likely N-dealkylation sites (tertiary alicyclic amines) is 1. The van der Waals surface area contributed by atoms with Gasteiger partial charge in [-0.2, -0.15) is 0 Å². The molecule has 1 aliphatic rings. The van der Waals surface area contributed by atoms with Crippen LogP contribution in [0.5, 0.6) is 0 Å². The van der Waals surface area contributed by atoms with Crippen LogP contribution in [0.3, 0.4) is 0 Å². The summed E-state index contributed by atoms with van der Waals surface area (Å²) in [6, 6.07) is -6.66.